The SMILES string of the molecule is CC(=O)OC(=O)CC(=O)c1sc2ncccc2c1-c1ccc(C)cc1. The first-order valence-corrected chi connectivity index (χ1v) is 8.46. The summed E-state index contributed by atoms with van der Waals surface area (Å²) < 4.78 is 4.47. The summed E-state index contributed by atoms with van der Waals surface area (Å²) in [6.45, 7) is 3.12. The van der Waals surface area contributed by atoms with Gasteiger partial charge in [-0.3, -0.25) is 14.4 Å². The zero-order valence-corrected chi connectivity index (χ0v) is 14.6. The highest BCUT2D eigenvalue weighted by molar-refractivity contribution is 7.21. The van der Waals surface area contributed by atoms with Gasteiger partial charge in [-0.25, -0.2) is 4.98 Å². The first kappa shape index (κ1) is 17.0. The van der Waals surface area contributed by atoms with Crippen molar-refractivity contribution < 1.29 is 19.1 Å². The molecule has 0 aliphatic heterocycles. The number of carbonyl (C=O) groups is 3. The minimum absolute atomic E-state index is 0.384. The maximum absolute atomic E-state index is 12.6. The molecule has 3 rings (SSSR count). The van der Waals surface area contributed by atoms with E-state index in [9.17, 15) is 14.4 Å². The van der Waals surface area contributed by atoms with Crippen LogP contribution in [-0.4, -0.2) is 22.7 Å². The fraction of sp³-hybridized carbons (Fsp3) is 0.158. The lowest BCUT2D eigenvalue weighted by molar-refractivity contribution is -0.157. The van der Waals surface area contributed by atoms with Crippen molar-refractivity contribution in [2.24, 2.45) is 0 Å². The molecular formula is C19H15NO4S. The van der Waals surface area contributed by atoms with Gasteiger partial charge in [0.25, 0.3) is 0 Å². The number of rotatable bonds is 4. The monoisotopic (exact) mass is 353 g/mol. The maximum Gasteiger partial charge on any atom is 0.321 e. The van der Waals surface area contributed by atoms with Crippen LogP contribution in [0.25, 0.3) is 21.3 Å². The molecule has 1 aromatic carbocycles. The summed E-state index contributed by atoms with van der Waals surface area (Å²) in [5.74, 6) is -1.96. The van der Waals surface area contributed by atoms with Gasteiger partial charge in [-0.15, -0.1) is 11.3 Å². The second kappa shape index (κ2) is 6.94. The van der Waals surface area contributed by atoms with Gasteiger partial charge < -0.3 is 4.74 Å². The Labute approximate surface area is 148 Å². The predicted molar refractivity (Wildman–Crippen MR) is 95.5 cm³/mol. The number of fused-ring (bicyclic) bond motifs is 1. The van der Waals surface area contributed by atoms with Crippen LogP contribution in [0, 0.1) is 6.92 Å². The number of thiophene rings is 1. The van der Waals surface area contributed by atoms with Gasteiger partial charge in [-0.1, -0.05) is 29.8 Å². The van der Waals surface area contributed by atoms with Crippen LogP contribution in [0.1, 0.15) is 28.6 Å². The summed E-state index contributed by atoms with van der Waals surface area (Å²) in [4.78, 5) is 40.7. The number of pyridine rings is 1. The molecule has 0 amide bonds. The average Bonchev–Trinajstić information content (AvgIpc) is 2.94. The number of aromatic nitrogens is 1. The van der Waals surface area contributed by atoms with Crippen LogP contribution in [0.4, 0.5) is 0 Å². The molecule has 0 saturated carbocycles. The van der Waals surface area contributed by atoms with Gasteiger partial charge in [-0.2, -0.15) is 0 Å². The molecular weight excluding hydrogens is 338 g/mol. The molecule has 0 saturated heterocycles. The van der Waals surface area contributed by atoms with Gasteiger partial charge in [0.05, 0.1) is 4.88 Å². The number of benzene rings is 1. The number of ketones is 1. The highest BCUT2D eigenvalue weighted by Crippen LogP contribution is 2.38. The zero-order valence-electron chi connectivity index (χ0n) is 13.7. The molecule has 3 aromatic rings. The molecule has 0 spiro atoms. The molecule has 0 aliphatic rings. The molecule has 6 heteroatoms. The molecule has 0 aliphatic carbocycles. The quantitative estimate of drug-likeness (QED) is 0.404. The van der Waals surface area contributed by atoms with Crippen molar-refractivity contribution in [1.82, 2.24) is 4.98 Å². The molecule has 0 radical (unpaired) electrons. The van der Waals surface area contributed by atoms with Crippen molar-refractivity contribution in [3.8, 4) is 11.1 Å². The minimum Gasteiger partial charge on any atom is -0.393 e. The van der Waals surface area contributed by atoms with Crippen LogP contribution in [0.3, 0.4) is 0 Å². The van der Waals surface area contributed by atoms with Gasteiger partial charge in [0.1, 0.15) is 11.3 Å². The van der Waals surface area contributed by atoms with Crippen LogP contribution in [0.2, 0.25) is 0 Å². The Hall–Kier alpha value is -2.86. The topological polar surface area (TPSA) is 73.3 Å². The number of ether oxygens (including phenoxy) is 1. The highest BCUT2D eigenvalue weighted by atomic mass is 32.1. The van der Waals surface area contributed by atoms with Crippen molar-refractivity contribution in [3.05, 3.63) is 53.0 Å². The highest BCUT2D eigenvalue weighted by Gasteiger charge is 2.23. The smallest absolute Gasteiger partial charge is 0.321 e. The predicted octanol–water partition coefficient (Wildman–Crippen LogP) is 3.93. The fourth-order valence-electron chi connectivity index (χ4n) is 2.54. The van der Waals surface area contributed by atoms with E-state index in [1.54, 1.807) is 6.20 Å². The number of esters is 2. The molecule has 25 heavy (non-hydrogen) atoms. The number of hydrogen-bond acceptors (Lipinski definition) is 6. The summed E-state index contributed by atoms with van der Waals surface area (Å²) in [5, 5.41) is 0.861. The van der Waals surface area contributed by atoms with E-state index in [1.165, 1.54) is 11.3 Å². The Balaban J connectivity index is 2.07. The first-order valence-electron chi connectivity index (χ1n) is 7.64. The Morgan fingerprint density at radius 3 is 2.52 bits per heavy atom. The largest absolute Gasteiger partial charge is 0.393 e. The molecule has 5 nitrogen and oxygen atoms in total. The van der Waals surface area contributed by atoms with E-state index < -0.39 is 18.4 Å². The van der Waals surface area contributed by atoms with Gasteiger partial charge in [0, 0.05) is 24.1 Å². The third-order valence-electron chi connectivity index (χ3n) is 3.62. The van der Waals surface area contributed by atoms with Crippen LogP contribution in [0.5, 0.6) is 0 Å². The second-order valence-corrected chi connectivity index (χ2v) is 6.59. The Bertz CT molecular complexity index is 973. The lowest BCUT2D eigenvalue weighted by atomic mass is 9.99. The van der Waals surface area contributed by atoms with E-state index in [2.05, 4.69) is 9.72 Å². The molecule has 0 fully saturated rings. The summed E-state index contributed by atoms with van der Waals surface area (Å²) in [6, 6.07) is 11.5. The minimum atomic E-state index is -0.849. The van der Waals surface area contributed by atoms with Crippen LogP contribution in [0.15, 0.2) is 42.6 Å². The molecule has 0 bridgehead atoms. The average molecular weight is 353 g/mol. The van der Waals surface area contributed by atoms with Crippen LogP contribution >= 0.6 is 11.3 Å². The van der Waals surface area contributed by atoms with Crippen molar-refractivity contribution in [3.63, 3.8) is 0 Å². The van der Waals surface area contributed by atoms with E-state index >= 15 is 0 Å². The summed E-state index contributed by atoms with van der Waals surface area (Å²) >= 11 is 1.24. The van der Waals surface area contributed by atoms with Crippen molar-refractivity contribution in [2.45, 2.75) is 20.3 Å². The molecule has 0 atom stereocenters. The second-order valence-electron chi connectivity index (χ2n) is 5.59. The van der Waals surface area contributed by atoms with Crippen LogP contribution < -0.4 is 0 Å². The lowest BCUT2D eigenvalue weighted by Crippen LogP contribution is -2.13. The maximum atomic E-state index is 12.6. The Morgan fingerprint density at radius 2 is 1.84 bits per heavy atom. The first-order chi connectivity index (χ1) is 12.0. The number of nitrogens with zero attached hydrogens (tertiary/aromatic N) is 1. The van der Waals surface area contributed by atoms with Gasteiger partial charge in [0.15, 0.2) is 5.78 Å². The normalized spacial score (nSPS) is 10.6. The van der Waals surface area contributed by atoms with Gasteiger partial charge >= 0.3 is 11.9 Å². The van der Waals surface area contributed by atoms with Crippen molar-refractivity contribution in [2.75, 3.05) is 0 Å². The van der Waals surface area contributed by atoms with E-state index in [1.807, 2.05) is 43.3 Å². The fourth-order valence-corrected chi connectivity index (χ4v) is 3.65. The lowest BCUT2D eigenvalue weighted by Gasteiger charge is -2.05. The van der Waals surface area contributed by atoms with E-state index in [0.717, 1.165) is 33.8 Å². The molecule has 0 unspecified atom stereocenters. The third kappa shape index (κ3) is 3.64. The molecule has 2 heterocycles. The van der Waals surface area contributed by atoms with E-state index in [4.69, 9.17) is 0 Å². The van der Waals surface area contributed by atoms with Crippen molar-refractivity contribution >= 4 is 39.3 Å². The van der Waals surface area contributed by atoms with Crippen LogP contribution in [-0.2, 0) is 14.3 Å². The zero-order chi connectivity index (χ0) is 18.0. The van der Waals surface area contributed by atoms with Gasteiger partial charge in [0.2, 0.25) is 0 Å². The summed E-state index contributed by atoms with van der Waals surface area (Å²) in [6.07, 6.45) is 1.18. The van der Waals surface area contributed by atoms with E-state index in [0.29, 0.717) is 4.88 Å². The summed E-state index contributed by atoms with van der Waals surface area (Å²) in [5.41, 5.74) is 2.75. The number of hydrogen-bond donors (Lipinski definition) is 0. The molecule has 0 N–H and O–H groups in total. The van der Waals surface area contributed by atoms with E-state index in [-0.39, 0.29) is 5.78 Å². The summed E-state index contributed by atoms with van der Waals surface area (Å²) in [7, 11) is 0. The third-order valence-corrected chi connectivity index (χ3v) is 4.78. The Morgan fingerprint density at radius 1 is 1.12 bits per heavy atom. The number of aryl methyl sites for hydroxylation is 1. The standard InChI is InChI=1S/C19H15NO4S/c1-11-5-7-13(8-6-11)17-14-4-3-9-20-19(14)25-18(17)15(22)10-16(23)24-12(2)21/h3-9H,10H2,1-2H3. The van der Waals surface area contributed by atoms with Crippen molar-refractivity contribution in [1.29, 1.82) is 0 Å². The molecule has 126 valence electrons. The number of carbonyl (C=O) groups excluding carboxylic acids is 3. The number of Topliss-reactive ketones (excluding diaryl/α,β-unsaturated/α-hetero) is 1. The Kier molecular flexibility index (Phi) is 4.72. The molecule has 2 aromatic heterocycles. The van der Waals surface area contributed by atoms with Gasteiger partial charge in [-0.05, 0) is 24.6 Å².